The second-order valence-electron chi connectivity index (χ2n) is 6.35. The van der Waals surface area contributed by atoms with E-state index in [1.807, 2.05) is 37.3 Å². The maximum absolute atomic E-state index is 12.5. The van der Waals surface area contributed by atoms with Gasteiger partial charge in [-0.3, -0.25) is 4.79 Å². The summed E-state index contributed by atoms with van der Waals surface area (Å²) in [4.78, 5) is 12.5. The van der Waals surface area contributed by atoms with E-state index < -0.39 is 10.0 Å². The summed E-state index contributed by atoms with van der Waals surface area (Å²) < 4.78 is 27.2. The molecule has 2 N–H and O–H groups in total. The highest BCUT2D eigenvalue weighted by Crippen LogP contribution is 2.14. The first kappa shape index (κ1) is 19.8. The lowest BCUT2D eigenvalue weighted by molar-refractivity contribution is 0.0950. The Morgan fingerprint density at radius 1 is 1.04 bits per heavy atom. The lowest BCUT2D eigenvalue weighted by Gasteiger charge is -2.08. The molecule has 1 heterocycles. The number of nitrogens with zero attached hydrogens (tertiary/aromatic N) is 2. The van der Waals surface area contributed by atoms with E-state index >= 15 is 0 Å². The quantitative estimate of drug-likeness (QED) is 0.638. The van der Waals surface area contributed by atoms with Gasteiger partial charge in [0.15, 0.2) is 0 Å². The van der Waals surface area contributed by atoms with Crippen molar-refractivity contribution in [1.29, 1.82) is 0 Å². The molecule has 0 aliphatic heterocycles. The predicted octanol–water partition coefficient (Wildman–Crippen LogP) is 2.16. The Morgan fingerprint density at radius 3 is 2.32 bits per heavy atom. The van der Waals surface area contributed by atoms with Crippen molar-refractivity contribution in [3.05, 3.63) is 83.2 Å². The van der Waals surface area contributed by atoms with E-state index in [4.69, 9.17) is 0 Å². The molecule has 0 unspecified atom stereocenters. The topological polar surface area (TPSA) is 93.1 Å². The maximum Gasteiger partial charge on any atom is 0.255 e. The number of aromatic nitrogens is 2. The number of carbonyl (C=O) groups is 1. The zero-order valence-corrected chi connectivity index (χ0v) is 16.5. The first-order valence-electron chi connectivity index (χ1n) is 8.77. The number of carbonyl (C=O) groups excluding carboxylic acids is 1. The molecular formula is C20H22N4O3S. The van der Waals surface area contributed by atoms with Crippen LogP contribution in [0, 0.1) is 6.92 Å². The number of para-hydroxylation sites is 1. The number of nitrogens with one attached hydrogen (secondary N) is 2. The number of benzene rings is 2. The molecule has 146 valence electrons. The van der Waals surface area contributed by atoms with Gasteiger partial charge in [-0.2, -0.15) is 5.10 Å². The summed E-state index contributed by atoms with van der Waals surface area (Å²) in [5.74, 6) is -0.282. The zero-order valence-electron chi connectivity index (χ0n) is 15.7. The fourth-order valence-electron chi connectivity index (χ4n) is 2.78. The van der Waals surface area contributed by atoms with Crippen LogP contribution in [0.15, 0.2) is 60.8 Å². The number of hydrogen-bond acceptors (Lipinski definition) is 4. The van der Waals surface area contributed by atoms with Gasteiger partial charge in [-0.25, -0.2) is 17.8 Å². The molecule has 1 aromatic heterocycles. The smallest absolute Gasteiger partial charge is 0.255 e. The minimum absolute atomic E-state index is 0.0754. The van der Waals surface area contributed by atoms with Crippen molar-refractivity contribution in [3.8, 4) is 5.69 Å². The van der Waals surface area contributed by atoms with Gasteiger partial charge in [-0.15, -0.1) is 0 Å². The van der Waals surface area contributed by atoms with Crippen molar-refractivity contribution in [3.63, 3.8) is 0 Å². The Labute approximate surface area is 164 Å². The molecule has 3 rings (SSSR count). The van der Waals surface area contributed by atoms with E-state index in [-0.39, 0.29) is 11.7 Å². The van der Waals surface area contributed by atoms with Gasteiger partial charge in [0.05, 0.1) is 28.9 Å². The van der Waals surface area contributed by atoms with Crippen molar-refractivity contribution < 1.29 is 13.2 Å². The lowest BCUT2D eigenvalue weighted by atomic mass is 10.1. The van der Waals surface area contributed by atoms with Crippen LogP contribution in [0.2, 0.25) is 0 Å². The largest absolute Gasteiger partial charge is 0.348 e. The highest BCUT2D eigenvalue weighted by Gasteiger charge is 2.15. The van der Waals surface area contributed by atoms with Gasteiger partial charge in [0.25, 0.3) is 5.91 Å². The molecule has 8 heteroatoms. The third kappa shape index (κ3) is 4.65. The standard InChI is InChI=1S/C20H22N4O3S/c1-15-19(13-23-24(15)18-6-4-3-5-7-18)20(25)22-12-16-8-10-17(11-9-16)14-28(26,27)21-2/h3-11,13,21H,12,14H2,1-2H3,(H,22,25). The Hall–Kier alpha value is -2.97. The molecule has 0 fully saturated rings. The minimum atomic E-state index is -3.30. The molecule has 0 saturated heterocycles. The Balaban J connectivity index is 1.64. The van der Waals surface area contributed by atoms with Crippen LogP contribution in [0.1, 0.15) is 27.2 Å². The summed E-state index contributed by atoms with van der Waals surface area (Å²) in [6, 6.07) is 16.7. The SMILES string of the molecule is CNS(=O)(=O)Cc1ccc(CNC(=O)c2cnn(-c3ccccc3)c2C)cc1. The molecule has 0 radical (unpaired) electrons. The normalized spacial score (nSPS) is 11.4. The van der Waals surface area contributed by atoms with Crippen molar-refractivity contribution in [2.45, 2.75) is 19.2 Å². The number of sulfonamides is 1. The van der Waals surface area contributed by atoms with Crippen LogP contribution in [-0.2, 0) is 22.3 Å². The Bertz CT molecular complexity index is 1060. The van der Waals surface area contributed by atoms with E-state index in [1.165, 1.54) is 7.05 Å². The summed E-state index contributed by atoms with van der Waals surface area (Å²) in [6.07, 6.45) is 1.56. The Morgan fingerprint density at radius 2 is 1.68 bits per heavy atom. The third-order valence-electron chi connectivity index (χ3n) is 4.40. The van der Waals surface area contributed by atoms with Crippen molar-refractivity contribution in [1.82, 2.24) is 19.8 Å². The fraction of sp³-hybridized carbons (Fsp3) is 0.200. The van der Waals surface area contributed by atoms with Gasteiger partial charge < -0.3 is 5.32 Å². The average molecular weight is 398 g/mol. The molecule has 0 saturated carbocycles. The molecule has 2 aromatic carbocycles. The van der Waals surface area contributed by atoms with E-state index in [0.717, 1.165) is 16.9 Å². The lowest BCUT2D eigenvalue weighted by Crippen LogP contribution is -2.23. The van der Waals surface area contributed by atoms with Gasteiger partial charge in [-0.1, -0.05) is 42.5 Å². The first-order chi connectivity index (χ1) is 13.4. The molecule has 0 bridgehead atoms. The van der Waals surface area contributed by atoms with Gasteiger partial charge in [0, 0.05) is 6.54 Å². The fourth-order valence-corrected chi connectivity index (χ4v) is 3.56. The highest BCUT2D eigenvalue weighted by atomic mass is 32.2. The van der Waals surface area contributed by atoms with E-state index in [0.29, 0.717) is 17.7 Å². The second kappa shape index (κ2) is 8.37. The molecule has 28 heavy (non-hydrogen) atoms. The highest BCUT2D eigenvalue weighted by molar-refractivity contribution is 7.88. The molecule has 0 aliphatic rings. The summed E-state index contributed by atoms with van der Waals surface area (Å²) in [7, 11) is -1.91. The van der Waals surface area contributed by atoms with Crippen LogP contribution in [0.25, 0.3) is 5.69 Å². The Kier molecular flexibility index (Phi) is 5.91. The van der Waals surface area contributed by atoms with Gasteiger partial charge >= 0.3 is 0 Å². The van der Waals surface area contributed by atoms with E-state index in [9.17, 15) is 13.2 Å². The van der Waals surface area contributed by atoms with Crippen LogP contribution < -0.4 is 10.0 Å². The molecule has 0 atom stereocenters. The van der Waals surface area contributed by atoms with Crippen LogP contribution in [0.4, 0.5) is 0 Å². The average Bonchev–Trinajstić information content (AvgIpc) is 3.09. The van der Waals surface area contributed by atoms with Gasteiger partial charge in [-0.05, 0) is 37.2 Å². The predicted molar refractivity (Wildman–Crippen MR) is 108 cm³/mol. The first-order valence-corrected chi connectivity index (χ1v) is 10.4. The minimum Gasteiger partial charge on any atom is -0.348 e. The molecule has 7 nitrogen and oxygen atoms in total. The number of rotatable bonds is 7. The van der Waals surface area contributed by atoms with Gasteiger partial charge in [0.1, 0.15) is 0 Å². The number of amides is 1. The summed E-state index contributed by atoms with van der Waals surface area (Å²) >= 11 is 0. The molecule has 3 aromatic rings. The van der Waals surface area contributed by atoms with Gasteiger partial charge in [0.2, 0.25) is 10.0 Å². The molecule has 0 aliphatic carbocycles. The van der Waals surface area contributed by atoms with Crippen LogP contribution in [0.3, 0.4) is 0 Å². The monoisotopic (exact) mass is 398 g/mol. The van der Waals surface area contributed by atoms with Crippen LogP contribution in [-0.4, -0.2) is 31.2 Å². The van der Waals surface area contributed by atoms with Crippen molar-refractivity contribution in [2.24, 2.45) is 0 Å². The summed E-state index contributed by atoms with van der Waals surface area (Å²) in [6.45, 7) is 2.19. The van der Waals surface area contributed by atoms with Crippen molar-refractivity contribution in [2.75, 3.05) is 7.05 Å². The van der Waals surface area contributed by atoms with E-state index in [2.05, 4.69) is 15.1 Å². The summed E-state index contributed by atoms with van der Waals surface area (Å²) in [5.41, 5.74) is 3.74. The van der Waals surface area contributed by atoms with E-state index in [1.54, 1.807) is 35.1 Å². The number of hydrogen-bond donors (Lipinski definition) is 2. The van der Waals surface area contributed by atoms with Crippen LogP contribution >= 0.6 is 0 Å². The second-order valence-corrected chi connectivity index (χ2v) is 8.28. The molecular weight excluding hydrogens is 376 g/mol. The molecule has 1 amide bonds. The third-order valence-corrected chi connectivity index (χ3v) is 5.73. The maximum atomic E-state index is 12.5. The van der Waals surface area contributed by atoms with Crippen molar-refractivity contribution >= 4 is 15.9 Å². The summed E-state index contributed by atoms with van der Waals surface area (Å²) in [5, 5.41) is 7.19. The molecule has 0 spiro atoms. The zero-order chi connectivity index (χ0) is 20.1. The van der Waals surface area contributed by atoms with Crippen LogP contribution in [0.5, 0.6) is 0 Å².